The molecular weight excluding hydrogens is 482 g/mol. The van der Waals surface area contributed by atoms with Crippen LogP contribution >= 0.6 is 0 Å². The number of aliphatic hydroxyl groups excluding tert-OH is 2. The highest BCUT2D eigenvalue weighted by atomic mass is 16.6. The quantitative estimate of drug-likeness (QED) is 0.206. The summed E-state index contributed by atoms with van der Waals surface area (Å²) in [5, 5.41) is 22.5. The monoisotopic (exact) mass is 525 g/mol. The van der Waals surface area contributed by atoms with Crippen LogP contribution in [-0.2, 0) is 4.74 Å². The fraction of sp³-hybridized carbons (Fsp3) is 0.484. The molecule has 0 radical (unpaired) electrons. The maximum absolute atomic E-state index is 11.5. The Morgan fingerprint density at radius 3 is 2.47 bits per heavy atom. The summed E-state index contributed by atoms with van der Waals surface area (Å²) in [6.45, 7) is 9.83. The van der Waals surface area contributed by atoms with Crippen molar-refractivity contribution >= 4 is 23.1 Å². The highest BCUT2D eigenvalue weighted by Gasteiger charge is 2.30. The highest BCUT2D eigenvalue weighted by Crippen LogP contribution is 2.26. The van der Waals surface area contributed by atoms with Crippen LogP contribution in [0.5, 0.6) is 0 Å². The predicted octanol–water partition coefficient (Wildman–Crippen LogP) is 5.98. The number of nitrogens with two attached hydrogens (primary N) is 1. The van der Waals surface area contributed by atoms with E-state index in [1.807, 2.05) is 77.1 Å². The van der Waals surface area contributed by atoms with E-state index in [0.717, 1.165) is 22.9 Å². The van der Waals surface area contributed by atoms with E-state index in [1.165, 1.54) is 6.07 Å². The zero-order valence-electron chi connectivity index (χ0n) is 23.2. The second-order valence-corrected chi connectivity index (χ2v) is 10.3. The molecule has 208 valence electrons. The Bertz CT molecular complexity index is 1180. The van der Waals surface area contributed by atoms with Gasteiger partial charge in [0.25, 0.3) is 0 Å². The first-order chi connectivity index (χ1) is 18.0. The summed E-state index contributed by atoms with van der Waals surface area (Å²) < 4.78 is 10.5. The van der Waals surface area contributed by atoms with Crippen LogP contribution in [0.4, 0.5) is 4.79 Å². The van der Waals surface area contributed by atoms with Gasteiger partial charge in [0.05, 0.1) is 12.2 Å². The molecule has 0 aliphatic heterocycles. The van der Waals surface area contributed by atoms with E-state index in [-0.39, 0.29) is 23.4 Å². The van der Waals surface area contributed by atoms with Gasteiger partial charge in [0.1, 0.15) is 11.7 Å². The van der Waals surface area contributed by atoms with Crippen LogP contribution < -0.4 is 11.4 Å². The van der Waals surface area contributed by atoms with E-state index >= 15 is 0 Å². The summed E-state index contributed by atoms with van der Waals surface area (Å²) in [5.74, 6) is -0.447. The molecule has 0 saturated heterocycles. The SMILES string of the molecule is CC/C=C\CC(OC(N)=O)C(C)C(O)C(C)C/C(C)=C\C(C)C(O)C/C=C\c1ccc2ccc(=O)oc2c1. The third-order valence-corrected chi connectivity index (χ3v) is 6.88. The van der Waals surface area contributed by atoms with Gasteiger partial charge in [-0.3, -0.25) is 0 Å². The number of benzene rings is 1. The van der Waals surface area contributed by atoms with E-state index in [0.29, 0.717) is 24.8 Å². The Labute approximate surface area is 225 Å². The van der Waals surface area contributed by atoms with Crippen molar-refractivity contribution in [1.82, 2.24) is 0 Å². The lowest BCUT2D eigenvalue weighted by Crippen LogP contribution is -2.37. The van der Waals surface area contributed by atoms with Crippen LogP contribution in [0.2, 0.25) is 0 Å². The number of carbonyl (C=O) groups excluding carboxylic acids is 1. The largest absolute Gasteiger partial charge is 0.446 e. The molecular formula is C31H43NO6. The zero-order valence-corrected chi connectivity index (χ0v) is 23.2. The van der Waals surface area contributed by atoms with E-state index in [9.17, 15) is 19.8 Å². The molecule has 1 amide bonds. The van der Waals surface area contributed by atoms with Gasteiger partial charge in [-0.1, -0.05) is 75.8 Å². The van der Waals surface area contributed by atoms with Crippen molar-refractivity contribution in [1.29, 1.82) is 0 Å². The van der Waals surface area contributed by atoms with Crippen LogP contribution in [-0.4, -0.2) is 34.6 Å². The number of hydrogen-bond acceptors (Lipinski definition) is 6. The van der Waals surface area contributed by atoms with Crippen LogP contribution in [0.1, 0.15) is 65.9 Å². The molecule has 6 atom stereocenters. The van der Waals surface area contributed by atoms with Gasteiger partial charge in [-0.25, -0.2) is 9.59 Å². The molecule has 0 fully saturated rings. The minimum absolute atomic E-state index is 0.0763. The van der Waals surface area contributed by atoms with E-state index in [1.54, 1.807) is 12.1 Å². The Hall–Kier alpha value is -3.16. The van der Waals surface area contributed by atoms with Crippen LogP contribution in [0.15, 0.2) is 69.4 Å². The normalized spacial score (nSPS) is 17.4. The predicted molar refractivity (Wildman–Crippen MR) is 153 cm³/mol. The molecule has 2 aromatic rings. The van der Waals surface area contributed by atoms with Crippen LogP contribution in [0.3, 0.4) is 0 Å². The number of primary amides is 1. The Morgan fingerprint density at radius 1 is 1.08 bits per heavy atom. The maximum Gasteiger partial charge on any atom is 0.404 e. The number of carbonyl (C=O) groups is 1. The number of hydrogen-bond donors (Lipinski definition) is 3. The van der Waals surface area contributed by atoms with Crippen molar-refractivity contribution < 1.29 is 24.2 Å². The third kappa shape index (κ3) is 9.95. The minimum atomic E-state index is -0.841. The van der Waals surface area contributed by atoms with E-state index in [4.69, 9.17) is 14.9 Å². The summed E-state index contributed by atoms with van der Waals surface area (Å²) >= 11 is 0. The molecule has 7 nitrogen and oxygen atoms in total. The first-order valence-corrected chi connectivity index (χ1v) is 13.4. The van der Waals surface area contributed by atoms with Crippen molar-refractivity contribution in [3.8, 4) is 0 Å². The average Bonchev–Trinajstić information content (AvgIpc) is 2.86. The maximum atomic E-state index is 11.5. The van der Waals surface area contributed by atoms with Crippen LogP contribution in [0, 0.1) is 17.8 Å². The second-order valence-electron chi connectivity index (χ2n) is 10.3. The van der Waals surface area contributed by atoms with Crippen molar-refractivity contribution in [3.05, 3.63) is 76.2 Å². The van der Waals surface area contributed by atoms with Gasteiger partial charge in [-0.2, -0.15) is 0 Å². The lowest BCUT2D eigenvalue weighted by Gasteiger charge is -2.30. The van der Waals surface area contributed by atoms with Gasteiger partial charge < -0.3 is 25.1 Å². The summed E-state index contributed by atoms with van der Waals surface area (Å²) in [5.41, 5.74) is 7.36. The van der Waals surface area contributed by atoms with Gasteiger partial charge in [0.2, 0.25) is 0 Å². The third-order valence-electron chi connectivity index (χ3n) is 6.88. The van der Waals surface area contributed by atoms with E-state index < -0.39 is 24.4 Å². The molecule has 0 aliphatic rings. The first kappa shape index (κ1) is 31.1. The number of amides is 1. The minimum Gasteiger partial charge on any atom is -0.446 e. The summed E-state index contributed by atoms with van der Waals surface area (Å²) in [6, 6.07) is 8.76. The Kier molecular flexibility index (Phi) is 12.5. The topological polar surface area (TPSA) is 123 Å². The fourth-order valence-electron chi connectivity index (χ4n) is 4.65. The molecule has 1 aromatic heterocycles. The second kappa shape index (κ2) is 15.3. The first-order valence-electron chi connectivity index (χ1n) is 13.4. The number of allylic oxidation sites excluding steroid dienone is 2. The summed E-state index contributed by atoms with van der Waals surface area (Å²) in [6.07, 6.45) is 9.69. The van der Waals surface area contributed by atoms with Gasteiger partial charge in [-0.05, 0) is 49.8 Å². The van der Waals surface area contributed by atoms with Crippen molar-refractivity contribution in [2.45, 2.75) is 78.6 Å². The number of aliphatic hydroxyl groups is 2. The Morgan fingerprint density at radius 2 is 1.79 bits per heavy atom. The lowest BCUT2D eigenvalue weighted by molar-refractivity contribution is -0.0116. The standard InChI is InChI=1S/C31H43NO6/c1-6-7-8-12-27(38-31(32)36)23(5)30(35)22(4)18-20(2)17-21(3)26(33)11-9-10-24-13-14-25-15-16-29(34)37-28(25)19-24/h7-10,13-17,19,21-23,26-27,30,33,35H,6,11-12,18H2,1-5H3,(H2,32,36)/b8-7-,10-9-,20-17-. The molecule has 1 heterocycles. The van der Waals surface area contributed by atoms with Gasteiger partial charge in [0, 0.05) is 29.7 Å². The van der Waals surface area contributed by atoms with Crippen molar-refractivity contribution in [2.24, 2.45) is 23.5 Å². The smallest absolute Gasteiger partial charge is 0.404 e. The van der Waals surface area contributed by atoms with E-state index in [2.05, 4.69) is 0 Å². The lowest BCUT2D eigenvalue weighted by atomic mass is 9.84. The Balaban J connectivity index is 1.93. The number of ether oxygens (including phenoxy) is 1. The molecule has 2 rings (SSSR count). The average molecular weight is 526 g/mol. The summed E-state index contributed by atoms with van der Waals surface area (Å²) in [4.78, 5) is 22.8. The summed E-state index contributed by atoms with van der Waals surface area (Å²) in [7, 11) is 0. The fourth-order valence-corrected chi connectivity index (χ4v) is 4.65. The highest BCUT2D eigenvalue weighted by molar-refractivity contribution is 5.79. The molecule has 0 spiro atoms. The molecule has 1 aromatic carbocycles. The number of fused-ring (bicyclic) bond motifs is 1. The van der Waals surface area contributed by atoms with Gasteiger partial charge in [0.15, 0.2) is 0 Å². The van der Waals surface area contributed by atoms with Crippen molar-refractivity contribution in [3.63, 3.8) is 0 Å². The van der Waals surface area contributed by atoms with Crippen LogP contribution in [0.25, 0.3) is 17.0 Å². The molecule has 4 N–H and O–H groups in total. The van der Waals surface area contributed by atoms with Crippen molar-refractivity contribution in [2.75, 3.05) is 0 Å². The molecule has 38 heavy (non-hydrogen) atoms. The zero-order chi connectivity index (χ0) is 28.2. The molecule has 0 aliphatic carbocycles. The molecule has 0 bridgehead atoms. The number of rotatable bonds is 14. The van der Waals surface area contributed by atoms with Gasteiger partial charge in [-0.15, -0.1) is 0 Å². The molecule has 7 heteroatoms. The molecule has 0 saturated carbocycles. The molecule has 6 unspecified atom stereocenters. The van der Waals surface area contributed by atoms with Gasteiger partial charge >= 0.3 is 11.7 Å².